The van der Waals surface area contributed by atoms with E-state index in [1.165, 1.54) is 193 Å². The number of aliphatic imine (C=N–C) groups is 3. The van der Waals surface area contributed by atoms with Gasteiger partial charge in [0.25, 0.3) is 0 Å². The van der Waals surface area contributed by atoms with Crippen molar-refractivity contribution in [2.75, 3.05) is 19.6 Å². The van der Waals surface area contributed by atoms with Crippen molar-refractivity contribution in [3.63, 3.8) is 0 Å². The number of rotatable bonds is 69. The molecule has 3 amide bonds. The first-order valence-corrected chi connectivity index (χ1v) is 42.4. The summed E-state index contributed by atoms with van der Waals surface area (Å²) in [6, 6.07) is -3.78. The molecule has 0 spiro atoms. The van der Waals surface area contributed by atoms with E-state index in [2.05, 4.69) is 51.7 Å². The molecule has 22 heteroatoms. The third kappa shape index (κ3) is 61.1. The molecule has 548 valence electrons. The predicted molar refractivity (Wildman–Crippen MR) is 388 cm³/mol. The monoisotopic (exact) mass is 1530 g/mol. The first kappa shape index (κ1) is 89.5. The molecule has 0 saturated carbocycles. The van der Waals surface area contributed by atoms with Gasteiger partial charge in [-0.25, -0.2) is 0 Å². The minimum Gasteiger partial charge on any atom is -0.0654 e. The van der Waals surface area contributed by atoms with Gasteiger partial charge in [0.05, 0.1) is 0 Å². The molecule has 0 fully saturated rings. The van der Waals surface area contributed by atoms with Gasteiger partial charge >= 0.3 is 390 Å². The van der Waals surface area contributed by atoms with Crippen molar-refractivity contribution in [3.05, 3.63) is 0 Å². The van der Waals surface area contributed by atoms with Gasteiger partial charge in [-0.15, -0.1) is 0 Å². The van der Waals surface area contributed by atoms with Crippen molar-refractivity contribution in [1.29, 1.82) is 0 Å². The molecule has 0 aromatic heterocycles. The van der Waals surface area contributed by atoms with Crippen LogP contribution in [-0.2, 0) is 37.2 Å². The number of carbonyl (C=O) groups is 6. The summed E-state index contributed by atoms with van der Waals surface area (Å²) < 4.78 is 17.9. The van der Waals surface area contributed by atoms with Gasteiger partial charge in [0.15, 0.2) is 0 Å². The average Bonchev–Trinajstić information content (AvgIpc) is 1.27. The number of nitrogens with two attached hydrogens (primary N) is 6. The summed E-state index contributed by atoms with van der Waals surface area (Å²) >= 11 is -5.16. The summed E-state index contributed by atoms with van der Waals surface area (Å²) in [6.07, 6.45) is 54.3. The maximum atomic E-state index is 14.4. The fourth-order valence-electron chi connectivity index (χ4n) is 11.5. The predicted octanol–water partition coefficient (Wildman–Crippen LogP) is 14.0. The van der Waals surface area contributed by atoms with Crippen LogP contribution in [-0.4, -0.2) is 114 Å². The zero-order chi connectivity index (χ0) is 69.2. The molecule has 0 saturated heterocycles. The topological polar surface area (TPSA) is 359 Å². The van der Waals surface area contributed by atoms with Gasteiger partial charge in [0, 0.05) is 0 Å². The fraction of sp³-hybridized carbons (Fsp3) is 0.875. The van der Waals surface area contributed by atoms with E-state index in [0.717, 1.165) is 77.0 Å². The van der Waals surface area contributed by atoms with E-state index in [0.29, 0.717) is 19.3 Å². The zero-order valence-corrected chi connectivity index (χ0v) is 63.4. The molecule has 94 heavy (non-hydrogen) atoms. The molecule has 0 aliphatic heterocycles. The number of unbranched alkanes of at least 4 members (excludes halogenated alkanes) is 42. The number of carbonyl (C=O) groups excluding carboxylic acids is 6. The van der Waals surface area contributed by atoms with E-state index in [-0.39, 0.29) is 113 Å². The summed E-state index contributed by atoms with van der Waals surface area (Å²) in [4.78, 5) is 96.1. The third-order valence-corrected chi connectivity index (χ3v) is 21.0. The minimum absolute atomic E-state index is 0.0330. The van der Waals surface area contributed by atoms with Gasteiger partial charge in [-0.2, -0.15) is 0 Å². The van der Waals surface area contributed by atoms with Gasteiger partial charge in [0.1, 0.15) is 0 Å². The molecule has 0 bridgehead atoms. The van der Waals surface area contributed by atoms with Gasteiger partial charge < -0.3 is 0 Å². The van der Waals surface area contributed by atoms with Crippen LogP contribution in [0.2, 0.25) is 0 Å². The van der Waals surface area contributed by atoms with E-state index < -0.39 is 59.1 Å². The van der Waals surface area contributed by atoms with Gasteiger partial charge in [-0.3, -0.25) is 0 Å². The Kier molecular flexibility index (Phi) is 63.9. The summed E-state index contributed by atoms with van der Waals surface area (Å²) in [5.41, 5.74) is 33.7. The molecule has 0 radical (unpaired) electrons. The molecule has 0 aliphatic rings. The molecule has 0 rings (SSSR count). The number of guanidine groups is 3. The van der Waals surface area contributed by atoms with Gasteiger partial charge in [-0.1, -0.05) is 194 Å². The molecule has 0 aromatic rings. The van der Waals surface area contributed by atoms with Crippen molar-refractivity contribution >= 4 is 76.6 Å². The van der Waals surface area contributed by atoms with Crippen LogP contribution in [0.4, 0.5) is 0 Å². The van der Waals surface area contributed by atoms with E-state index in [1.54, 1.807) is 0 Å². The molecule has 0 aliphatic carbocycles. The molecular weight excluding hydrogens is 1390 g/mol. The molecule has 0 unspecified atom stereocenters. The second kappa shape index (κ2) is 67.1. The van der Waals surface area contributed by atoms with E-state index in [1.807, 2.05) is 0 Å². The van der Waals surface area contributed by atoms with Crippen LogP contribution in [0, 0.1) is 0 Å². The van der Waals surface area contributed by atoms with Crippen LogP contribution in [0.25, 0.3) is 0 Å². The summed E-state index contributed by atoms with van der Waals surface area (Å²) in [5.74, 6) is -4.54. The Bertz CT molecular complexity index is 1740. The summed E-state index contributed by atoms with van der Waals surface area (Å²) in [7, 11) is 0. The van der Waals surface area contributed by atoms with E-state index in [4.69, 9.17) is 42.8 Å². The Morgan fingerprint density at radius 3 is 0.617 bits per heavy atom. The summed E-state index contributed by atoms with van der Waals surface area (Å²) in [6.45, 7) is 7.15. The Morgan fingerprint density at radius 1 is 0.277 bits per heavy atom. The fourth-order valence-corrected chi connectivity index (χ4v) is 15.1. The Balaban J connectivity index is 6.29. The van der Waals surface area contributed by atoms with Gasteiger partial charge in [-0.05, 0) is 0 Å². The van der Waals surface area contributed by atoms with Crippen LogP contribution < -0.4 is 50.4 Å². The van der Waals surface area contributed by atoms with Crippen molar-refractivity contribution < 1.29 is 37.2 Å². The Hall–Kier alpha value is -4.49. The number of hydrogen-bond acceptors (Lipinski definition) is 12. The molecular formula is C72H141BiN12O9. The van der Waals surface area contributed by atoms with Crippen molar-refractivity contribution in [1.82, 2.24) is 16.0 Å². The maximum absolute atomic E-state index is 14.4. The Morgan fingerprint density at radius 2 is 0.447 bits per heavy atom. The van der Waals surface area contributed by atoms with E-state index in [9.17, 15) is 28.8 Å². The molecule has 0 aromatic carbocycles. The van der Waals surface area contributed by atoms with E-state index >= 15 is 0 Å². The average molecular weight is 1530 g/mol. The Labute approximate surface area is 581 Å². The number of nitrogens with zero attached hydrogens (tertiary/aromatic N) is 3. The first-order chi connectivity index (χ1) is 45.6. The van der Waals surface area contributed by atoms with Crippen molar-refractivity contribution in [3.8, 4) is 0 Å². The van der Waals surface area contributed by atoms with Crippen LogP contribution in [0.5, 0.6) is 0 Å². The number of hydrogen-bond donors (Lipinski definition) is 9. The normalized spacial score (nSPS) is 12.1. The quantitative estimate of drug-likeness (QED) is 0.0118. The molecule has 21 nitrogen and oxygen atoms in total. The van der Waals surface area contributed by atoms with Crippen LogP contribution in [0.3, 0.4) is 0 Å². The smallest absolute Gasteiger partial charge is 0.0654 e. The van der Waals surface area contributed by atoms with Gasteiger partial charge in [0.2, 0.25) is 0 Å². The van der Waals surface area contributed by atoms with Crippen molar-refractivity contribution in [2.24, 2.45) is 49.4 Å². The van der Waals surface area contributed by atoms with Crippen LogP contribution >= 0.6 is 0 Å². The number of amides is 3. The third-order valence-electron chi connectivity index (χ3n) is 17.2. The molecule has 15 N–H and O–H groups in total. The van der Waals surface area contributed by atoms with Crippen molar-refractivity contribution in [2.45, 2.75) is 386 Å². The van der Waals surface area contributed by atoms with Crippen LogP contribution in [0.15, 0.2) is 15.0 Å². The second-order valence-electron chi connectivity index (χ2n) is 26.3. The van der Waals surface area contributed by atoms with Crippen LogP contribution in [0.1, 0.15) is 367 Å². The SMILES string of the molecule is CCCCCCCCCCCCCCCCCC(=O)N[C@@H](CCCN=C(N)N)C(=O)[O][Bi]([O]C(=O)[C@H](CCCN=C(N)N)NC(=O)CCCCCCCCCCCCCCCCC)[O]C(=O)[C@H](CCCN=C(N)N)NC(=O)CCCCCCCCCCCCCCCCC. The standard InChI is InChI=1S/3C24H48N4O3.Bi/c3*1-2-3-4-5-6-7-8-9-10-11-12-13-14-15-16-19-22(29)28-21(23(30)31)18-17-20-27-24(25)26;/h3*21H,2-20H2,1H3,(H,28,29)(H,30,31)(H4,25,26,27);/q;;;+3/p-3/t3*21-;/m000./s1. The molecule has 0 heterocycles. The molecule has 3 atom stereocenters. The number of nitrogens with one attached hydrogen (secondary N) is 3. The minimum atomic E-state index is -5.16. The first-order valence-electron chi connectivity index (χ1n) is 38.1. The second-order valence-corrected chi connectivity index (χ2v) is 30.1. The summed E-state index contributed by atoms with van der Waals surface area (Å²) in [5, 5.41) is 8.42. The zero-order valence-electron chi connectivity index (χ0n) is 60.0.